The van der Waals surface area contributed by atoms with Crippen LogP contribution in [0.4, 0.5) is 0 Å². The first kappa shape index (κ1) is 6.62. The normalized spacial score (nSPS) is 6.71. The van der Waals surface area contributed by atoms with Gasteiger partial charge in [0.1, 0.15) is 0 Å². The molecule has 0 aromatic rings. The molecule has 0 aliphatic carbocycles. The molecule has 0 nitrogen and oxygen atoms in total. The Hall–Kier alpha value is -0.375. The fourth-order valence-corrected chi connectivity index (χ4v) is 0.348. The van der Waals surface area contributed by atoms with E-state index in [1.807, 2.05) is 6.92 Å². The molecule has 38 valence electrons. The summed E-state index contributed by atoms with van der Waals surface area (Å²) in [6.45, 7) is 6.75. The maximum absolute atomic E-state index is 3.05. The summed E-state index contributed by atoms with van der Waals surface area (Å²) in [5, 5.41) is 0. The Morgan fingerprint density at radius 1 is 1.57 bits per heavy atom. The van der Waals surface area contributed by atoms with Gasteiger partial charge in [-0.2, -0.15) is 5.82 Å². The van der Waals surface area contributed by atoms with Crippen LogP contribution >= 0.6 is 0 Å². The van der Waals surface area contributed by atoms with Crippen molar-refractivity contribution in [2.75, 3.05) is 0 Å². The van der Waals surface area contributed by atoms with Gasteiger partial charge in [0, 0.05) is 0 Å². The molecular formula is C6H11B. The van der Waals surface area contributed by atoms with Gasteiger partial charge in [-0.25, -0.2) is 0 Å². The lowest BCUT2D eigenvalue weighted by Gasteiger charge is -1.85. The maximum atomic E-state index is 3.05. The van der Waals surface area contributed by atoms with Gasteiger partial charge in [0.05, 0.1) is 0 Å². The van der Waals surface area contributed by atoms with Gasteiger partial charge in [0.2, 0.25) is 6.71 Å². The summed E-state index contributed by atoms with van der Waals surface area (Å²) in [4.78, 5) is 0. The van der Waals surface area contributed by atoms with Gasteiger partial charge in [-0.1, -0.05) is 20.1 Å². The predicted molar refractivity (Wildman–Crippen MR) is 35.5 cm³/mol. The molecule has 0 amide bonds. The van der Waals surface area contributed by atoms with Crippen LogP contribution < -0.4 is 0 Å². The molecule has 0 aliphatic rings. The molecule has 1 heteroatoms. The van der Waals surface area contributed by atoms with E-state index in [0.29, 0.717) is 6.71 Å². The van der Waals surface area contributed by atoms with E-state index in [0.717, 1.165) is 0 Å². The Labute approximate surface area is 46.4 Å². The number of rotatable bonds is 1. The predicted octanol–water partition coefficient (Wildman–Crippen LogP) is 1.69. The quantitative estimate of drug-likeness (QED) is 0.342. The van der Waals surface area contributed by atoms with Crippen molar-refractivity contribution >= 4 is 6.71 Å². The van der Waals surface area contributed by atoms with Crippen LogP contribution in [-0.4, -0.2) is 6.71 Å². The van der Waals surface area contributed by atoms with E-state index >= 15 is 0 Å². The lowest BCUT2D eigenvalue weighted by molar-refractivity contribution is 1.43. The van der Waals surface area contributed by atoms with E-state index in [1.54, 1.807) is 0 Å². The van der Waals surface area contributed by atoms with E-state index in [4.69, 9.17) is 0 Å². The van der Waals surface area contributed by atoms with E-state index in [-0.39, 0.29) is 0 Å². The molecule has 0 N–H and O–H groups in total. The van der Waals surface area contributed by atoms with Crippen LogP contribution in [0.5, 0.6) is 0 Å². The maximum Gasteiger partial charge on any atom is 0.227 e. The topological polar surface area (TPSA) is 0 Å². The smallest absolute Gasteiger partial charge is 0.156 e. The summed E-state index contributed by atoms with van der Waals surface area (Å²) in [5.74, 6) is 5.91. The molecule has 0 fully saturated rings. The largest absolute Gasteiger partial charge is 0.227 e. The molecule has 0 aromatic carbocycles. The molecular weight excluding hydrogens is 82.9 g/mol. The van der Waals surface area contributed by atoms with Crippen LogP contribution in [0.1, 0.15) is 13.8 Å². The zero-order valence-corrected chi connectivity index (χ0v) is 5.28. The molecule has 0 aliphatic heterocycles. The molecule has 0 heterocycles. The second-order valence-electron chi connectivity index (χ2n) is 1.70. The van der Waals surface area contributed by atoms with Gasteiger partial charge in [0.25, 0.3) is 0 Å². The first-order valence-electron chi connectivity index (χ1n) is 2.73. The van der Waals surface area contributed by atoms with Crippen LogP contribution in [0.25, 0.3) is 0 Å². The first-order valence-corrected chi connectivity index (χ1v) is 2.73. The number of hydrogen-bond acceptors (Lipinski definition) is 0. The Morgan fingerprint density at radius 3 is 2.29 bits per heavy atom. The van der Waals surface area contributed by atoms with Crippen molar-refractivity contribution in [1.82, 2.24) is 0 Å². The van der Waals surface area contributed by atoms with Crippen molar-refractivity contribution in [2.24, 2.45) is 0 Å². The molecule has 0 saturated carbocycles. The fourth-order valence-electron chi connectivity index (χ4n) is 0.348. The highest BCUT2D eigenvalue weighted by Gasteiger charge is 1.93. The third-order valence-corrected chi connectivity index (χ3v) is 1.00. The molecule has 0 atom stereocenters. The monoisotopic (exact) mass is 94.1 g/mol. The van der Waals surface area contributed by atoms with Crippen molar-refractivity contribution in [3.63, 3.8) is 0 Å². The summed E-state index contributed by atoms with van der Waals surface area (Å²) >= 11 is 0. The summed E-state index contributed by atoms with van der Waals surface area (Å²) in [5.41, 5.74) is 0. The van der Waals surface area contributed by atoms with Crippen molar-refractivity contribution in [2.45, 2.75) is 27.0 Å². The zero-order chi connectivity index (χ0) is 5.70. The third-order valence-electron chi connectivity index (χ3n) is 1.00. The lowest BCUT2D eigenvalue weighted by Crippen LogP contribution is -1.98. The molecule has 0 unspecified atom stereocenters. The third kappa shape index (κ3) is 3.46. The van der Waals surface area contributed by atoms with Crippen molar-refractivity contribution < 1.29 is 0 Å². The fraction of sp³-hybridized carbons (Fsp3) is 0.667. The molecule has 0 bridgehead atoms. The summed E-state index contributed by atoms with van der Waals surface area (Å²) in [6, 6.07) is 0. The van der Waals surface area contributed by atoms with Gasteiger partial charge < -0.3 is 0 Å². The van der Waals surface area contributed by atoms with Crippen molar-refractivity contribution in [1.29, 1.82) is 0 Å². The Morgan fingerprint density at radius 2 is 2.14 bits per heavy atom. The standard InChI is InChI=1S/C6H11B/c1-4-6-7(3)5-2/h5H2,1-3H3. The molecule has 0 rings (SSSR count). The second kappa shape index (κ2) is 3.80. The van der Waals surface area contributed by atoms with Gasteiger partial charge in [-0.3, -0.25) is 0 Å². The molecule has 7 heavy (non-hydrogen) atoms. The average Bonchev–Trinajstić information content (AvgIpc) is 1.68. The highest BCUT2D eigenvalue weighted by molar-refractivity contribution is 6.66. The zero-order valence-electron chi connectivity index (χ0n) is 5.28. The van der Waals surface area contributed by atoms with E-state index in [9.17, 15) is 0 Å². The summed E-state index contributed by atoms with van der Waals surface area (Å²) in [7, 11) is 0. The molecule has 0 radical (unpaired) electrons. The Balaban J connectivity index is 3.29. The SMILES string of the molecule is CC#CB(C)CC. The molecule has 0 spiro atoms. The van der Waals surface area contributed by atoms with Crippen LogP contribution in [0.15, 0.2) is 0 Å². The van der Waals surface area contributed by atoms with E-state index in [2.05, 4.69) is 25.5 Å². The minimum atomic E-state index is 0.588. The van der Waals surface area contributed by atoms with Crippen molar-refractivity contribution in [3.8, 4) is 11.7 Å². The van der Waals surface area contributed by atoms with Gasteiger partial charge >= 0.3 is 0 Å². The second-order valence-corrected chi connectivity index (χ2v) is 1.70. The molecule has 0 saturated heterocycles. The van der Waals surface area contributed by atoms with Gasteiger partial charge in [0.15, 0.2) is 0 Å². The minimum absolute atomic E-state index is 0.588. The van der Waals surface area contributed by atoms with Crippen LogP contribution in [0, 0.1) is 11.7 Å². The highest BCUT2D eigenvalue weighted by Crippen LogP contribution is 1.84. The van der Waals surface area contributed by atoms with E-state index in [1.165, 1.54) is 6.32 Å². The summed E-state index contributed by atoms with van der Waals surface area (Å²) < 4.78 is 0. The highest BCUT2D eigenvalue weighted by atomic mass is 13.5. The average molecular weight is 94.0 g/mol. The lowest BCUT2D eigenvalue weighted by atomic mass is 9.51. The van der Waals surface area contributed by atoms with E-state index < -0.39 is 0 Å². The molecule has 0 aromatic heterocycles. The Kier molecular flexibility index (Phi) is 3.60. The number of hydrogen-bond donors (Lipinski definition) is 0. The first-order chi connectivity index (χ1) is 3.31. The van der Waals surface area contributed by atoms with Crippen LogP contribution in [0.3, 0.4) is 0 Å². The van der Waals surface area contributed by atoms with Crippen LogP contribution in [-0.2, 0) is 0 Å². The van der Waals surface area contributed by atoms with Crippen molar-refractivity contribution in [3.05, 3.63) is 0 Å². The van der Waals surface area contributed by atoms with Crippen LogP contribution in [0.2, 0.25) is 13.1 Å². The van der Waals surface area contributed by atoms with Gasteiger partial charge in [-0.05, 0) is 6.92 Å². The van der Waals surface area contributed by atoms with Gasteiger partial charge in [-0.15, -0.1) is 5.92 Å². The Bertz CT molecular complexity index is 86.1. The minimum Gasteiger partial charge on any atom is -0.156 e. The summed E-state index contributed by atoms with van der Waals surface area (Å²) in [6.07, 6.45) is 1.17.